The minimum Gasteiger partial charge on any atom is -0.481 e. The number of hydrogen-bond donors (Lipinski definition) is 1. The summed E-state index contributed by atoms with van der Waals surface area (Å²) in [4.78, 5) is 12.6. The number of nitrogens with two attached hydrogens (primary N) is 1. The van der Waals surface area contributed by atoms with Crippen molar-refractivity contribution < 1.29 is 9.53 Å². The Bertz CT molecular complexity index is 365. The Labute approximate surface area is 86.6 Å². The lowest BCUT2D eigenvalue weighted by Gasteiger charge is -2.01. The molecule has 0 aromatic heterocycles. The van der Waals surface area contributed by atoms with Gasteiger partial charge in [-0.25, -0.2) is 0 Å². The van der Waals surface area contributed by atoms with Crippen LogP contribution in [0, 0.1) is 0 Å². The van der Waals surface area contributed by atoms with Gasteiger partial charge < -0.3 is 10.5 Å². The zero-order valence-electron chi connectivity index (χ0n) is 7.66. The summed E-state index contributed by atoms with van der Waals surface area (Å²) in [6.45, 7) is 0.402. The number of fused-ring (bicyclic) bond motifs is 1. The maximum Gasteiger partial charge on any atom is 0.164 e. The molecule has 1 aromatic rings. The van der Waals surface area contributed by atoms with E-state index in [1.54, 1.807) is 17.8 Å². The van der Waals surface area contributed by atoms with Gasteiger partial charge in [-0.2, -0.15) is 0 Å². The number of rotatable bonds is 3. The highest BCUT2D eigenvalue weighted by molar-refractivity contribution is 7.99. The molecule has 1 heterocycles. The summed E-state index contributed by atoms with van der Waals surface area (Å²) in [5.74, 6) is 1.62. The minimum absolute atomic E-state index is 0.0998. The van der Waals surface area contributed by atoms with E-state index in [0.29, 0.717) is 18.9 Å². The molecule has 1 aliphatic rings. The maximum absolute atomic E-state index is 11.5. The molecule has 0 amide bonds. The van der Waals surface area contributed by atoms with Gasteiger partial charge in [-0.3, -0.25) is 4.79 Å². The standard InChI is InChI=1S/C10H11NO2S/c11-4-3-8(12)7-1-2-9-10(5-7)14-6-13-9/h1-2,5H,3-4,6,11H2. The summed E-state index contributed by atoms with van der Waals surface area (Å²) in [7, 11) is 0. The second kappa shape index (κ2) is 4.02. The Kier molecular flexibility index (Phi) is 2.74. The van der Waals surface area contributed by atoms with Gasteiger partial charge in [0.25, 0.3) is 0 Å². The summed E-state index contributed by atoms with van der Waals surface area (Å²) in [5, 5.41) is 0. The maximum atomic E-state index is 11.5. The van der Waals surface area contributed by atoms with Crippen LogP contribution in [0.15, 0.2) is 23.1 Å². The normalized spacial score (nSPS) is 13.5. The van der Waals surface area contributed by atoms with Crippen LogP contribution in [-0.4, -0.2) is 18.3 Å². The van der Waals surface area contributed by atoms with Gasteiger partial charge in [0.2, 0.25) is 0 Å². The summed E-state index contributed by atoms with van der Waals surface area (Å²) < 4.78 is 5.32. The van der Waals surface area contributed by atoms with Crippen molar-refractivity contribution in [3.05, 3.63) is 23.8 Å². The third-order valence-corrected chi connectivity index (χ3v) is 2.93. The molecular weight excluding hydrogens is 198 g/mol. The van der Waals surface area contributed by atoms with Crippen LogP contribution in [0.5, 0.6) is 5.75 Å². The van der Waals surface area contributed by atoms with Crippen molar-refractivity contribution in [3.63, 3.8) is 0 Å². The average Bonchev–Trinajstić information content (AvgIpc) is 2.64. The van der Waals surface area contributed by atoms with Crippen LogP contribution in [0.1, 0.15) is 16.8 Å². The molecule has 0 fully saturated rings. The molecule has 1 aliphatic heterocycles. The fourth-order valence-electron chi connectivity index (χ4n) is 1.35. The number of Topliss-reactive ketones (excluding diaryl/α,β-unsaturated/α-hetero) is 1. The quantitative estimate of drug-likeness (QED) is 0.769. The van der Waals surface area contributed by atoms with Gasteiger partial charge in [-0.1, -0.05) is 11.8 Å². The van der Waals surface area contributed by atoms with Crippen molar-refractivity contribution in [1.82, 2.24) is 0 Å². The Morgan fingerprint density at radius 1 is 1.57 bits per heavy atom. The van der Waals surface area contributed by atoms with Crippen LogP contribution in [-0.2, 0) is 0 Å². The van der Waals surface area contributed by atoms with Crippen molar-refractivity contribution in [2.24, 2.45) is 5.73 Å². The number of hydrogen-bond acceptors (Lipinski definition) is 4. The van der Waals surface area contributed by atoms with Gasteiger partial charge in [0.05, 0.1) is 4.90 Å². The van der Waals surface area contributed by atoms with Crippen LogP contribution in [0.3, 0.4) is 0 Å². The molecule has 0 bridgehead atoms. The smallest absolute Gasteiger partial charge is 0.164 e. The Hall–Kier alpha value is -1.00. The molecule has 0 saturated heterocycles. The van der Waals surface area contributed by atoms with Crippen molar-refractivity contribution in [1.29, 1.82) is 0 Å². The Morgan fingerprint density at radius 2 is 2.43 bits per heavy atom. The highest BCUT2D eigenvalue weighted by atomic mass is 32.2. The van der Waals surface area contributed by atoms with Crippen LogP contribution in [0.2, 0.25) is 0 Å². The Morgan fingerprint density at radius 3 is 3.21 bits per heavy atom. The molecule has 0 unspecified atom stereocenters. The monoisotopic (exact) mass is 209 g/mol. The summed E-state index contributed by atoms with van der Waals surface area (Å²) in [6, 6.07) is 5.52. The van der Waals surface area contributed by atoms with Gasteiger partial charge in [-0.15, -0.1) is 0 Å². The molecule has 1 aromatic carbocycles. The predicted molar refractivity (Wildman–Crippen MR) is 55.8 cm³/mol. The number of thioether (sulfide) groups is 1. The van der Waals surface area contributed by atoms with Gasteiger partial charge in [-0.05, 0) is 24.7 Å². The molecule has 0 atom stereocenters. The Balaban J connectivity index is 2.24. The number of carbonyl (C=O) groups excluding carboxylic acids is 1. The van der Waals surface area contributed by atoms with Crippen LogP contribution in [0.25, 0.3) is 0 Å². The van der Waals surface area contributed by atoms with Gasteiger partial charge in [0.1, 0.15) is 11.7 Å². The number of carbonyl (C=O) groups is 1. The molecule has 74 valence electrons. The van der Waals surface area contributed by atoms with Gasteiger partial charge >= 0.3 is 0 Å². The third-order valence-electron chi connectivity index (χ3n) is 2.07. The van der Waals surface area contributed by atoms with Crippen molar-refractivity contribution in [3.8, 4) is 5.75 Å². The van der Waals surface area contributed by atoms with Crippen LogP contribution in [0.4, 0.5) is 0 Å². The SMILES string of the molecule is NCCC(=O)c1ccc2c(c1)SCO2. The number of benzene rings is 1. The first-order chi connectivity index (χ1) is 6.81. The molecule has 0 radical (unpaired) electrons. The molecular formula is C10H11NO2S. The van der Waals surface area contributed by atoms with E-state index in [1.165, 1.54) is 0 Å². The highest BCUT2D eigenvalue weighted by Crippen LogP contribution is 2.36. The minimum atomic E-state index is 0.0998. The fraction of sp³-hybridized carbons (Fsp3) is 0.300. The lowest BCUT2D eigenvalue weighted by Crippen LogP contribution is -2.07. The van der Waals surface area contributed by atoms with E-state index >= 15 is 0 Å². The van der Waals surface area contributed by atoms with E-state index in [-0.39, 0.29) is 5.78 Å². The number of ether oxygens (including phenoxy) is 1. The molecule has 0 saturated carbocycles. The average molecular weight is 209 g/mol. The van der Waals surface area contributed by atoms with Gasteiger partial charge in [0.15, 0.2) is 5.78 Å². The highest BCUT2D eigenvalue weighted by Gasteiger charge is 2.14. The summed E-state index contributed by atoms with van der Waals surface area (Å²) >= 11 is 1.61. The fourth-order valence-corrected chi connectivity index (χ4v) is 2.14. The lowest BCUT2D eigenvalue weighted by molar-refractivity contribution is 0.0985. The van der Waals surface area contributed by atoms with E-state index in [9.17, 15) is 4.79 Å². The molecule has 3 nitrogen and oxygen atoms in total. The van der Waals surface area contributed by atoms with E-state index in [1.807, 2.05) is 12.1 Å². The second-order valence-corrected chi connectivity index (χ2v) is 3.99. The predicted octanol–water partition coefficient (Wildman–Crippen LogP) is 1.66. The van der Waals surface area contributed by atoms with E-state index in [0.717, 1.165) is 16.2 Å². The molecule has 0 aliphatic carbocycles. The first kappa shape index (κ1) is 9.55. The molecule has 0 spiro atoms. The molecule has 2 rings (SSSR count). The molecule has 4 heteroatoms. The summed E-state index contributed by atoms with van der Waals surface area (Å²) in [6.07, 6.45) is 0.407. The zero-order chi connectivity index (χ0) is 9.97. The van der Waals surface area contributed by atoms with Crippen molar-refractivity contribution in [2.75, 3.05) is 12.5 Å². The van der Waals surface area contributed by atoms with Gasteiger partial charge in [0, 0.05) is 12.0 Å². The largest absolute Gasteiger partial charge is 0.481 e. The molecule has 14 heavy (non-hydrogen) atoms. The summed E-state index contributed by atoms with van der Waals surface area (Å²) in [5.41, 5.74) is 6.06. The third kappa shape index (κ3) is 1.76. The van der Waals surface area contributed by atoms with Crippen molar-refractivity contribution >= 4 is 17.5 Å². The van der Waals surface area contributed by atoms with Crippen molar-refractivity contribution in [2.45, 2.75) is 11.3 Å². The first-order valence-electron chi connectivity index (χ1n) is 4.44. The number of ketones is 1. The topological polar surface area (TPSA) is 52.3 Å². The zero-order valence-corrected chi connectivity index (χ0v) is 8.47. The van der Waals surface area contributed by atoms with E-state index in [4.69, 9.17) is 10.5 Å². The lowest BCUT2D eigenvalue weighted by atomic mass is 10.1. The molecule has 2 N–H and O–H groups in total. The van der Waals surface area contributed by atoms with Crippen LogP contribution >= 0.6 is 11.8 Å². The van der Waals surface area contributed by atoms with E-state index in [2.05, 4.69) is 0 Å². The van der Waals surface area contributed by atoms with E-state index < -0.39 is 0 Å². The first-order valence-corrected chi connectivity index (χ1v) is 5.43. The second-order valence-electron chi connectivity index (χ2n) is 3.03. The van der Waals surface area contributed by atoms with Crippen LogP contribution < -0.4 is 10.5 Å².